The molecule has 0 fully saturated rings. The number of hydrogen-bond donors (Lipinski definition) is 1. The van der Waals surface area contributed by atoms with Gasteiger partial charge in [-0.05, 0) is 74.2 Å². The summed E-state index contributed by atoms with van der Waals surface area (Å²) in [7, 11) is 5.78. The lowest BCUT2D eigenvalue weighted by Gasteiger charge is -2.12. The summed E-state index contributed by atoms with van der Waals surface area (Å²) in [5, 5.41) is 23.8. The molecule has 8 nitrogen and oxygen atoms in total. The van der Waals surface area contributed by atoms with Gasteiger partial charge in [0, 0.05) is 65.1 Å². The van der Waals surface area contributed by atoms with E-state index in [-0.39, 0.29) is 5.69 Å². The third kappa shape index (κ3) is 5.35. The summed E-state index contributed by atoms with van der Waals surface area (Å²) >= 11 is 8.76. The van der Waals surface area contributed by atoms with Crippen molar-refractivity contribution in [2.24, 2.45) is 21.1 Å². The Bertz CT molecular complexity index is 2140. The highest BCUT2D eigenvalue weighted by Gasteiger charge is 2.27. The van der Waals surface area contributed by atoms with Crippen molar-refractivity contribution >= 4 is 51.0 Å². The Labute approximate surface area is 276 Å². The maximum atomic E-state index is 12.7. The molecule has 1 aliphatic rings. The van der Waals surface area contributed by atoms with Crippen LogP contribution in [0.2, 0.25) is 5.02 Å². The lowest BCUT2D eigenvalue weighted by molar-refractivity contribution is 0.0685. The van der Waals surface area contributed by atoms with E-state index >= 15 is 0 Å². The number of halogens is 1. The van der Waals surface area contributed by atoms with E-state index in [1.54, 1.807) is 16.3 Å². The number of aromatic nitrogens is 5. The van der Waals surface area contributed by atoms with Gasteiger partial charge in [0.15, 0.2) is 0 Å². The quantitative estimate of drug-likeness (QED) is 0.194. The zero-order chi connectivity index (χ0) is 32.1. The summed E-state index contributed by atoms with van der Waals surface area (Å²) in [6.07, 6.45) is 3.62. The number of rotatable bonds is 1. The van der Waals surface area contributed by atoms with Gasteiger partial charge in [-0.15, -0.1) is 11.8 Å². The van der Waals surface area contributed by atoms with Crippen LogP contribution in [0.15, 0.2) is 59.5 Å². The highest BCUT2D eigenvalue weighted by Crippen LogP contribution is 2.42. The van der Waals surface area contributed by atoms with E-state index in [4.69, 9.17) is 26.5 Å². The largest absolute Gasteiger partial charge is 0.493 e. The molecular weight excluding hydrogens is 618 g/mol. The van der Waals surface area contributed by atoms with Crippen molar-refractivity contribution in [1.29, 1.82) is 0 Å². The molecule has 0 saturated carbocycles. The minimum Gasteiger partial charge on any atom is -0.493 e. The fourth-order valence-corrected chi connectivity index (χ4v) is 8.08. The van der Waals surface area contributed by atoms with Crippen LogP contribution >= 0.6 is 23.4 Å². The molecule has 10 heteroatoms. The lowest BCUT2D eigenvalue weighted by atomic mass is 9.96. The third-order valence-corrected chi connectivity index (χ3v) is 10.5. The van der Waals surface area contributed by atoms with Crippen LogP contribution in [0.4, 0.5) is 0 Å². The Kier molecular flexibility index (Phi) is 8.07. The maximum absolute atomic E-state index is 12.7. The number of carboxylic acids is 1. The van der Waals surface area contributed by atoms with Crippen LogP contribution in [0.1, 0.15) is 51.7 Å². The van der Waals surface area contributed by atoms with Crippen molar-refractivity contribution in [2.45, 2.75) is 49.7 Å². The van der Waals surface area contributed by atoms with Gasteiger partial charge in [0.05, 0.1) is 28.5 Å². The van der Waals surface area contributed by atoms with Crippen LogP contribution in [-0.4, -0.2) is 41.8 Å². The average Bonchev–Trinajstić information content (AvgIpc) is 3.63. The van der Waals surface area contributed by atoms with Gasteiger partial charge in [-0.3, -0.25) is 9.36 Å². The Balaban J connectivity index is 1.36. The van der Waals surface area contributed by atoms with Gasteiger partial charge in [0.25, 0.3) is 0 Å². The monoisotopic (exact) mass is 653 g/mol. The number of hydrogen-bond acceptors (Lipinski definition) is 5. The number of fused-ring (bicyclic) bond motifs is 8. The molecule has 0 radical (unpaired) electrons. The predicted molar refractivity (Wildman–Crippen MR) is 184 cm³/mol. The summed E-state index contributed by atoms with van der Waals surface area (Å²) in [5.74, 6) is 0.670. The molecule has 8 bridgehead atoms. The van der Waals surface area contributed by atoms with Crippen LogP contribution < -0.4 is 4.74 Å². The van der Waals surface area contributed by atoms with Gasteiger partial charge in [-0.2, -0.15) is 10.2 Å². The molecule has 4 heterocycles. The lowest BCUT2D eigenvalue weighted by Crippen LogP contribution is -2.09. The molecule has 3 aromatic carbocycles. The Hall–Kier alpha value is -4.21. The molecule has 1 N–H and O–H groups in total. The first-order chi connectivity index (χ1) is 22.2. The summed E-state index contributed by atoms with van der Waals surface area (Å²) in [5.41, 5.74) is 7.85. The van der Waals surface area contributed by atoms with Gasteiger partial charge in [-0.25, -0.2) is 4.79 Å². The van der Waals surface area contributed by atoms with Crippen LogP contribution in [-0.2, 0) is 46.2 Å². The number of benzene rings is 3. The standard InChI is InChI=1S/C36H36ClN5O3S/c1-21-32-30(39-41(21)3)13-7-10-23-18-24(42(4)38-23)20-46-25-17-22-9-5-6-11-26(22)31(19-25)45-16-8-12-27-28-14-15-29(37)33(32)34(28)40(2)35(27)36(43)44/h5-6,9,11,14-15,17-19H,7-8,10,12-13,16,20H2,1-4H3,(H,43,44). The first kappa shape index (κ1) is 30.4. The maximum Gasteiger partial charge on any atom is 0.352 e. The molecule has 6 aromatic rings. The fourth-order valence-electron chi connectivity index (χ4n) is 6.85. The molecule has 1 aliphatic heterocycles. The SMILES string of the molecule is Cc1c2c(nn1C)CCCc1cc(n(C)n1)CSc1cc(c3ccccc3c1)OCCCc1c(C(=O)O)n(C)c3c-2c(Cl)ccc13. The number of carboxylic acid groups (broad SMARTS) is 1. The fraction of sp³-hybridized carbons (Fsp3) is 0.306. The minimum atomic E-state index is -0.959. The van der Waals surface area contributed by atoms with E-state index in [2.05, 4.69) is 30.3 Å². The van der Waals surface area contributed by atoms with E-state index in [1.165, 1.54) is 5.69 Å². The number of carbonyl (C=O) groups is 1. The summed E-state index contributed by atoms with van der Waals surface area (Å²) in [6.45, 7) is 2.49. The molecule has 0 saturated heterocycles. The van der Waals surface area contributed by atoms with Crippen LogP contribution in [0.25, 0.3) is 32.8 Å². The molecule has 0 amide bonds. The molecule has 0 aliphatic carbocycles. The molecule has 0 spiro atoms. The van der Waals surface area contributed by atoms with Crippen LogP contribution in [0.3, 0.4) is 0 Å². The normalized spacial score (nSPS) is 14.3. The zero-order valence-corrected chi connectivity index (χ0v) is 28.0. The molecule has 3 aromatic heterocycles. The van der Waals surface area contributed by atoms with E-state index in [9.17, 15) is 9.90 Å². The molecule has 236 valence electrons. The van der Waals surface area contributed by atoms with Crippen molar-refractivity contribution in [3.05, 3.63) is 93.7 Å². The second-order valence-electron chi connectivity index (χ2n) is 12.0. The third-order valence-electron chi connectivity index (χ3n) is 9.15. The number of thioether (sulfide) groups is 1. The van der Waals surface area contributed by atoms with Crippen molar-refractivity contribution < 1.29 is 14.6 Å². The molecule has 7 rings (SSSR count). The second-order valence-corrected chi connectivity index (χ2v) is 13.5. The van der Waals surface area contributed by atoms with Crippen LogP contribution in [0, 0.1) is 6.92 Å². The summed E-state index contributed by atoms with van der Waals surface area (Å²) < 4.78 is 12.1. The van der Waals surface area contributed by atoms with Crippen LogP contribution in [0.5, 0.6) is 5.75 Å². The molecule has 0 unspecified atom stereocenters. The van der Waals surface area contributed by atoms with Crippen molar-refractivity contribution in [3.63, 3.8) is 0 Å². The van der Waals surface area contributed by atoms with E-state index in [1.807, 2.05) is 61.7 Å². The van der Waals surface area contributed by atoms with Gasteiger partial charge >= 0.3 is 5.97 Å². The second kappa shape index (κ2) is 12.2. The van der Waals surface area contributed by atoms with Crippen molar-refractivity contribution in [3.8, 4) is 16.9 Å². The Morgan fingerprint density at radius 1 is 0.935 bits per heavy atom. The summed E-state index contributed by atoms with van der Waals surface area (Å²) in [4.78, 5) is 13.9. The first-order valence-corrected chi connectivity index (χ1v) is 16.9. The van der Waals surface area contributed by atoms with Gasteiger partial charge in [0.2, 0.25) is 0 Å². The molecule has 0 atom stereocenters. The van der Waals surface area contributed by atoms with Gasteiger partial charge in [0.1, 0.15) is 11.4 Å². The number of aryl methyl sites for hydroxylation is 6. The molecule has 46 heavy (non-hydrogen) atoms. The number of nitrogens with zero attached hydrogens (tertiary/aromatic N) is 5. The van der Waals surface area contributed by atoms with E-state index < -0.39 is 5.97 Å². The minimum absolute atomic E-state index is 0.276. The number of aromatic carboxylic acids is 1. The highest BCUT2D eigenvalue weighted by molar-refractivity contribution is 7.98. The predicted octanol–water partition coefficient (Wildman–Crippen LogP) is 7.92. The Morgan fingerprint density at radius 2 is 1.76 bits per heavy atom. The van der Waals surface area contributed by atoms with E-state index in [0.717, 1.165) is 91.1 Å². The topological polar surface area (TPSA) is 87.1 Å². The number of ether oxygens (including phenoxy) is 1. The van der Waals surface area contributed by atoms with Gasteiger partial charge in [-0.1, -0.05) is 41.9 Å². The smallest absolute Gasteiger partial charge is 0.352 e. The van der Waals surface area contributed by atoms with Crippen molar-refractivity contribution in [2.75, 3.05) is 6.61 Å². The van der Waals surface area contributed by atoms with Gasteiger partial charge < -0.3 is 14.4 Å². The highest BCUT2D eigenvalue weighted by atomic mass is 35.5. The zero-order valence-electron chi connectivity index (χ0n) is 26.4. The average molecular weight is 654 g/mol. The van der Waals surface area contributed by atoms with E-state index in [0.29, 0.717) is 24.5 Å². The summed E-state index contributed by atoms with van der Waals surface area (Å²) in [6, 6.07) is 18.7. The van der Waals surface area contributed by atoms with Crippen molar-refractivity contribution in [1.82, 2.24) is 24.1 Å². The first-order valence-electron chi connectivity index (χ1n) is 15.6. The molecular formula is C36H36ClN5O3S. The Morgan fingerprint density at radius 3 is 2.59 bits per heavy atom.